The van der Waals surface area contributed by atoms with Gasteiger partial charge in [0.1, 0.15) is 5.75 Å². The van der Waals surface area contributed by atoms with E-state index in [0.717, 1.165) is 18.7 Å². The molecule has 1 aromatic carbocycles. The first-order chi connectivity index (χ1) is 9.69. The van der Waals surface area contributed by atoms with Gasteiger partial charge in [0, 0.05) is 30.5 Å². The second-order valence-electron chi connectivity index (χ2n) is 5.21. The summed E-state index contributed by atoms with van der Waals surface area (Å²) in [6.07, 6.45) is 4.58. The van der Waals surface area contributed by atoms with Crippen LogP contribution in [-0.2, 0) is 13.0 Å². The molecule has 2 rings (SSSR count). The van der Waals surface area contributed by atoms with Crippen LogP contribution >= 0.6 is 0 Å². The molecule has 0 fully saturated rings. The number of nitrogens with one attached hydrogen (secondary N) is 1. The molecule has 106 valence electrons. The Morgan fingerprint density at radius 3 is 2.50 bits per heavy atom. The molecule has 1 aromatic heterocycles. The van der Waals surface area contributed by atoms with E-state index in [1.165, 1.54) is 16.7 Å². The Morgan fingerprint density at radius 1 is 1.10 bits per heavy atom. The van der Waals surface area contributed by atoms with Crippen LogP contribution in [0, 0.1) is 0 Å². The van der Waals surface area contributed by atoms with Crippen molar-refractivity contribution in [1.29, 1.82) is 0 Å². The van der Waals surface area contributed by atoms with E-state index in [4.69, 9.17) is 4.74 Å². The van der Waals surface area contributed by atoms with Crippen molar-refractivity contribution in [3.63, 3.8) is 0 Å². The van der Waals surface area contributed by atoms with Crippen LogP contribution < -0.4 is 10.1 Å². The topological polar surface area (TPSA) is 34.1 Å². The summed E-state index contributed by atoms with van der Waals surface area (Å²) in [4.78, 5) is 4.05. The first kappa shape index (κ1) is 14.5. The van der Waals surface area contributed by atoms with Gasteiger partial charge in [-0.3, -0.25) is 4.98 Å². The van der Waals surface area contributed by atoms with Gasteiger partial charge in [-0.2, -0.15) is 0 Å². The first-order valence-electron chi connectivity index (χ1n) is 6.97. The molecule has 3 nitrogen and oxygen atoms in total. The standard InChI is InChI=1S/C17H22N2O/c1-13(2)19-12-16-11-15(4-5-17(16)20-3)10-14-6-8-18-9-7-14/h4-9,11,13,19H,10,12H2,1-3H3. The van der Waals surface area contributed by atoms with Crippen molar-refractivity contribution in [2.24, 2.45) is 0 Å². The van der Waals surface area contributed by atoms with Gasteiger partial charge in [-0.15, -0.1) is 0 Å². The lowest BCUT2D eigenvalue weighted by Crippen LogP contribution is -2.22. The Morgan fingerprint density at radius 2 is 1.85 bits per heavy atom. The van der Waals surface area contributed by atoms with Crippen molar-refractivity contribution in [2.75, 3.05) is 7.11 Å². The maximum atomic E-state index is 5.43. The van der Waals surface area contributed by atoms with Crippen LogP contribution in [-0.4, -0.2) is 18.1 Å². The van der Waals surface area contributed by atoms with Crippen LogP contribution in [0.3, 0.4) is 0 Å². The van der Waals surface area contributed by atoms with Crippen molar-refractivity contribution < 1.29 is 4.74 Å². The van der Waals surface area contributed by atoms with Gasteiger partial charge in [-0.25, -0.2) is 0 Å². The molecule has 0 unspecified atom stereocenters. The van der Waals surface area contributed by atoms with E-state index < -0.39 is 0 Å². The first-order valence-corrected chi connectivity index (χ1v) is 6.97. The van der Waals surface area contributed by atoms with Crippen LogP contribution in [0.15, 0.2) is 42.7 Å². The monoisotopic (exact) mass is 270 g/mol. The summed E-state index contributed by atoms with van der Waals surface area (Å²) in [7, 11) is 1.72. The van der Waals surface area contributed by atoms with Crippen molar-refractivity contribution >= 4 is 0 Å². The largest absolute Gasteiger partial charge is 0.496 e. The summed E-state index contributed by atoms with van der Waals surface area (Å²) in [5, 5.41) is 3.44. The zero-order chi connectivity index (χ0) is 14.4. The summed E-state index contributed by atoms with van der Waals surface area (Å²) in [6.45, 7) is 5.12. The summed E-state index contributed by atoms with van der Waals surface area (Å²) in [6, 6.07) is 11.0. The third kappa shape index (κ3) is 4.07. The molecule has 1 N–H and O–H groups in total. The fraction of sp³-hybridized carbons (Fsp3) is 0.353. The third-order valence-electron chi connectivity index (χ3n) is 3.20. The molecule has 0 bridgehead atoms. The van der Waals surface area contributed by atoms with Crippen molar-refractivity contribution in [3.8, 4) is 5.75 Å². The lowest BCUT2D eigenvalue weighted by atomic mass is 10.0. The molecule has 1 heterocycles. The van der Waals surface area contributed by atoms with Gasteiger partial charge in [0.25, 0.3) is 0 Å². The minimum Gasteiger partial charge on any atom is -0.496 e. The minimum absolute atomic E-state index is 0.462. The number of aromatic nitrogens is 1. The Kier molecular flexibility index (Phi) is 5.13. The molecule has 0 amide bonds. The average Bonchev–Trinajstić information content (AvgIpc) is 2.46. The predicted molar refractivity (Wildman–Crippen MR) is 82.0 cm³/mol. The zero-order valence-corrected chi connectivity index (χ0v) is 12.4. The molecule has 0 saturated heterocycles. The molecule has 0 atom stereocenters. The number of benzene rings is 1. The fourth-order valence-electron chi connectivity index (χ4n) is 2.13. The quantitative estimate of drug-likeness (QED) is 0.875. The van der Waals surface area contributed by atoms with Gasteiger partial charge in [0.2, 0.25) is 0 Å². The van der Waals surface area contributed by atoms with Gasteiger partial charge >= 0.3 is 0 Å². The molecule has 0 aliphatic carbocycles. The molecule has 2 aromatic rings. The van der Waals surface area contributed by atoms with Crippen LogP contribution in [0.2, 0.25) is 0 Å². The SMILES string of the molecule is COc1ccc(Cc2ccncc2)cc1CNC(C)C. The number of rotatable bonds is 6. The smallest absolute Gasteiger partial charge is 0.123 e. The summed E-state index contributed by atoms with van der Waals surface area (Å²) in [5.41, 5.74) is 3.76. The van der Waals surface area contributed by atoms with E-state index in [9.17, 15) is 0 Å². The molecule has 20 heavy (non-hydrogen) atoms. The number of hydrogen-bond acceptors (Lipinski definition) is 3. The molecular weight excluding hydrogens is 248 g/mol. The molecule has 0 radical (unpaired) electrons. The number of hydrogen-bond donors (Lipinski definition) is 1. The molecule has 0 aliphatic rings. The van der Waals surface area contributed by atoms with Gasteiger partial charge in [-0.05, 0) is 35.7 Å². The lowest BCUT2D eigenvalue weighted by molar-refractivity contribution is 0.406. The van der Waals surface area contributed by atoms with Gasteiger partial charge in [0.05, 0.1) is 7.11 Å². The normalized spacial score (nSPS) is 10.8. The van der Waals surface area contributed by atoms with Crippen LogP contribution in [0.4, 0.5) is 0 Å². The van der Waals surface area contributed by atoms with Crippen LogP contribution in [0.5, 0.6) is 5.75 Å². The third-order valence-corrected chi connectivity index (χ3v) is 3.20. The molecule has 0 saturated carbocycles. The second kappa shape index (κ2) is 7.06. The van der Waals surface area contributed by atoms with E-state index in [1.807, 2.05) is 18.5 Å². The lowest BCUT2D eigenvalue weighted by Gasteiger charge is -2.13. The number of methoxy groups -OCH3 is 1. The average molecular weight is 270 g/mol. The molecule has 3 heteroatoms. The highest BCUT2D eigenvalue weighted by molar-refractivity contribution is 5.39. The second-order valence-corrected chi connectivity index (χ2v) is 5.21. The molecule has 0 spiro atoms. The highest BCUT2D eigenvalue weighted by Crippen LogP contribution is 2.21. The van der Waals surface area contributed by atoms with Crippen molar-refractivity contribution in [2.45, 2.75) is 32.9 Å². The van der Waals surface area contributed by atoms with E-state index in [2.05, 4.69) is 48.4 Å². The Bertz CT molecular complexity index is 538. The summed E-state index contributed by atoms with van der Waals surface area (Å²) < 4.78 is 5.43. The number of pyridine rings is 1. The van der Waals surface area contributed by atoms with Crippen molar-refractivity contribution in [3.05, 3.63) is 59.4 Å². The Labute approximate surface area is 121 Å². The van der Waals surface area contributed by atoms with Gasteiger partial charge < -0.3 is 10.1 Å². The highest BCUT2D eigenvalue weighted by atomic mass is 16.5. The van der Waals surface area contributed by atoms with E-state index in [-0.39, 0.29) is 0 Å². The maximum absolute atomic E-state index is 5.43. The zero-order valence-electron chi connectivity index (χ0n) is 12.4. The van der Waals surface area contributed by atoms with E-state index in [1.54, 1.807) is 7.11 Å². The van der Waals surface area contributed by atoms with E-state index >= 15 is 0 Å². The molecular formula is C17H22N2O. The molecule has 0 aliphatic heterocycles. The minimum atomic E-state index is 0.462. The highest BCUT2D eigenvalue weighted by Gasteiger charge is 2.06. The van der Waals surface area contributed by atoms with Crippen LogP contribution in [0.1, 0.15) is 30.5 Å². The predicted octanol–water partition coefficient (Wildman–Crippen LogP) is 3.18. The summed E-state index contributed by atoms with van der Waals surface area (Å²) >= 11 is 0. The van der Waals surface area contributed by atoms with Gasteiger partial charge in [0.15, 0.2) is 0 Å². The van der Waals surface area contributed by atoms with Gasteiger partial charge in [-0.1, -0.05) is 26.0 Å². The maximum Gasteiger partial charge on any atom is 0.123 e. The fourth-order valence-corrected chi connectivity index (χ4v) is 2.13. The van der Waals surface area contributed by atoms with Crippen molar-refractivity contribution in [1.82, 2.24) is 10.3 Å². The van der Waals surface area contributed by atoms with Crippen LogP contribution in [0.25, 0.3) is 0 Å². The number of ether oxygens (including phenoxy) is 1. The Balaban J connectivity index is 2.16. The summed E-state index contributed by atoms with van der Waals surface area (Å²) in [5.74, 6) is 0.941. The van der Waals surface area contributed by atoms with E-state index in [0.29, 0.717) is 6.04 Å². The Hall–Kier alpha value is -1.87. The number of nitrogens with zero attached hydrogens (tertiary/aromatic N) is 1.